The van der Waals surface area contributed by atoms with Gasteiger partial charge in [-0.3, -0.25) is 0 Å². The fraction of sp³-hybridized carbons (Fsp3) is 0.364. The Morgan fingerprint density at radius 1 is 1.47 bits per heavy atom. The minimum absolute atomic E-state index is 0.0883. The molecule has 1 N–H and O–H groups in total. The van der Waals surface area contributed by atoms with Gasteiger partial charge < -0.3 is 14.6 Å². The summed E-state index contributed by atoms with van der Waals surface area (Å²) in [6.07, 6.45) is -0.885. The summed E-state index contributed by atoms with van der Waals surface area (Å²) in [6.45, 7) is 1.56. The number of aliphatic hydroxyl groups is 1. The van der Waals surface area contributed by atoms with E-state index in [1.807, 2.05) is 24.3 Å². The SMILES string of the molecule is COc1ccc(COC[C@@H](O)[CH]N=[N+]=[N-])cc1. The number of aliphatic hydroxyl groups excluding tert-OH is 1. The smallest absolute Gasteiger partial charge is 0.118 e. The minimum atomic E-state index is -0.885. The van der Waals surface area contributed by atoms with Crippen molar-refractivity contribution in [2.75, 3.05) is 13.7 Å². The predicted octanol–water partition coefficient (Wildman–Crippen LogP) is 2.04. The highest BCUT2D eigenvalue weighted by Crippen LogP contribution is 2.12. The summed E-state index contributed by atoms with van der Waals surface area (Å²) in [7, 11) is 1.60. The molecule has 1 radical (unpaired) electrons. The Morgan fingerprint density at radius 2 is 2.18 bits per heavy atom. The van der Waals surface area contributed by atoms with E-state index < -0.39 is 6.10 Å². The molecule has 0 heterocycles. The van der Waals surface area contributed by atoms with Crippen molar-refractivity contribution >= 4 is 0 Å². The monoisotopic (exact) mass is 236 g/mol. The van der Waals surface area contributed by atoms with Gasteiger partial charge in [0.25, 0.3) is 0 Å². The molecule has 0 spiro atoms. The quantitative estimate of drug-likeness (QED) is 0.446. The number of azide groups is 1. The van der Waals surface area contributed by atoms with E-state index in [2.05, 4.69) is 10.0 Å². The summed E-state index contributed by atoms with van der Waals surface area (Å²) in [5.74, 6) is 0.783. The third-order valence-electron chi connectivity index (χ3n) is 2.01. The zero-order valence-electron chi connectivity index (χ0n) is 9.48. The number of hydrogen-bond donors (Lipinski definition) is 1. The van der Waals surface area contributed by atoms with Crippen molar-refractivity contribution in [3.63, 3.8) is 0 Å². The average Bonchev–Trinajstić information content (AvgIpc) is 2.37. The van der Waals surface area contributed by atoms with Gasteiger partial charge in [-0.15, -0.1) is 0 Å². The highest BCUT2D eigenvalue weighted by molar-refractivity contribution is 5.26. The van der Waals surface area contributed by atoms with Crippen molar-refractivity contribution in [1.82, 2.24) is 0 Å². The third-order valence-corrected chi connectivity index (χ3v) is 2.01. The maximum Gasteiger partial charge on any atom is 0.118 e. The van der Waals surface area contributed by atoms with Crippen LogP contribution in [0.3, 0.4) is 0 Å². The lowest BCUT2D eigenvalue weighted by Gasteiger charge is -2.08. The lowest BCUT2D eigenvalue weighted by molar-refractivity contribution is 0.0430. The summed E-state index contributed by atoms with van der Waals surface area (Å²) in [5, 5.41) is 12.4. The Morgan fingerprint density at radius 3 is 2.76 bits per heavy atom. The molecule has 0 aromatic heterocycles. The second-order valence-electron chi connectivity index (χ2n) is 3.28. The van der Waals surface area contributed by atoms with Crippen LogP contribution in [0.5, 0.6) is 5.75 Å². The minimum Gasteiger partial charge on any atom is -0.497 e. The van der Waals surface area contributed by atoms with Crippen molar-refractivity contribution in [2.45, 2.75) is 12.7 Å². The van der Waals surface area contributed by atoms with Crippen LogP contribution in [0.25, 0.3) is 10.4 Å². The fourth-order valence-corrected chi connectivity index (χ4v) is 1.17. The second-order valence-corrected chi connectivity index (χ2v) is 3.28. The van der Waals surface area contributed by atoms with Gasteiger partial charge in [-0.25, -0.2) is 0 Å². The molecule has 1 atom stereocenters. The molecule has 0 amide bonds. The first kappa shape index (κ1) is 13.3. The number of hydrogen-bond acceptors (Lipinski definition) is 4. The highest BCUT2D eigenvalue weighted by Gasteiger charge is 2.03. The molecule has 1 rings (SSSR count). The normalized spacial score (nSPS) is 11.6. The van der Waals surface area contributed by atoms with Gasteiger partial charge in [0.2, 0.25) is 0 Å². The summed E-state index contributed by atoms with van der Waals surface area (Å²) in [4.78, 5) is 2.50. The topological polar surface area (TPSA) is 87.5 Å². The summed E-state index contributed by atoms with van der Waals surface area (Å²) in [5.41, 5.74) is 9.01. The standard InChI is InChI=1S/C11H14N3O3/c1-16-11-4-2-9(3-5-11)7-17-8-10(15)6-13-14-12/h2-6,10,15H,7-8H2,1H3/t10-/m0/s1. The van der Waals surface area contributed by atoms with Crippen LogP contribution in [0.4, 0.5) is 0 Å². The third kappa shape index (κ3) is 5.21. The van der Waals surface area contributed by atoms with Gasteiger partial charge in [-0.2, -0.15) is 0 Å². The molecule has 0 bridgehead atoms. The van der Waals surface area contributed by atoms with E-state index in [0.717, 1.165) is 17.9 Å². The van der Waals surface area contributed by atoms with Crippen LogP contribution < -0.4 is 4.74 Å². The van der Waals surface area contributed by atoms with Crippen LogP contribution in [0, 0.1) is 6.54 Å². The zero-order chi connectivity index (χ0) is 12.5. The van der Waals surface area contributed by atoms with Gasteiger partial charge >= 0.3 is 0 Å². The molecule has 0 unspecified atom stereocenters. The highest BCUT2D eigenvalue weighted by atomic mass is 16.5. The Hall–Kier alpha value is -1.75. The molecule has 0 saturated carbocycles. The van der Waals surface area contributed by atoms with E-state index >= 15 is 0 Å². The first-order valence-corrected chi connectivity index (χ1v) is 5.02. The van der Waals surface area contributed by atoms with E-state index in [1.165, 1.54) is 0 Å². The zero-order valence-corrected chi connectivity index (χ0v) is 9.48. The van der Waals surface area contributed by atoms with Crippen LogP contribution in [0.2, 0.25) is 0 Å². The maximum atomic E-state index is 9.28. The molecule has 6 nitrogen and oxygen atoms in total. The molecule has 0 aliphatic carbocycles. The van der Waals surface area contributed by atoms with Crippen LogP contribution in [0.15, 0.2) is 29.4 Å². The Bertz CT molecular complexity index is 374. The molecular weight excluding hydrogens is 222 g/mol. The van der Waals surface area contributed by atoms with E-state index in [9.17, 15) is 5.11 Å². The van der Waals surface area contributed by atoms with Crippen LogP contribution in [-0.4, -0.2) is 24.9 Å². The summed E-state index contributed by atoms with van der Waals surface area (Å²) in [6, 6.07) is 7.42. The number of benzene rings is 1. The average molecular weight is 236 g/mol. The molecule has 0 aliphatic heterocycles. The number of ether oxygens (including phenoxy) is 2. The van der Waals surface area contributed by atoms with Crippen molar-refractivity contribution in [2.24, 2.45) is 5.11 Å². The van der Waals surface area contributed by atoms with Gasteiger partial charge in [0.15, 0.2) is 0 Å². The maximum absolute atomic E-state index is 9.28. The molecule has 0 aliphatic rings. The lowest BCUT2D eigenvalue weighted by Crippen LogP contribution is -2.14. The van der Waals surface area contributed by atoms with Gasteiger partial charge in [0.1, 0.15) is 5.75 Å². The van der Waals surface area contributed by atoms with Gasteiger partial charge in [-0.1, -0.05) is 17.2 Å². The van der Waals surface area contributed by atoms with Crippen molar-refractivity contribution in [1.29, 1.82) is 0 Å². The molecule has 6 heteroatoms. The first-order valence-electron chi connectivity index (χ1n) is 5.02. The van der Waals surface area contributed by atoms with E-state index in [1.54, 1.807) is 7.11 Å². The van der Waals surface area contributed by atoms with Crippen LogP contribution in [-0.2, 0) is 11.3 Å². The van der Waals surface area contributed by atoms with Crippen molar-refractivity contribution in [3.8, 4) is 5.75 Å². The Kier molecular flexibility index (Phi) is 5.88. The molecule has 91 valence electrons. The van der Waals surface area contributed by atoms with Gasteiger partial charge in [0, 0.05) is 4.91 Å². The van der Waals surface area contributed by atoms with E-state index in [4.69, 9.17) is 15.0 Å². The Labute approximate surface area is 99.4 Å². The second kappa shape index (κ2) is 7.51. The number of nitrogens with zero attached hydrogens (tertiary/aromatic N) is 3. The van der Waals surface area contributed by atoms with E-state index in [0.29, 0.717) is 6.61 Å². The fourth-order valence-electron chi connectivity index (χ4n) is 1.17. The number of rotatable bonds is 7. The first-order chi connectivity index (χ1) is 8.26. The molecule has 17 heavy (non-hydrogen) atoms. The Balaban J connectivity index is 2.27. The van der Waals surface area contributed by atoms with Crippen LogP contribution in [0.1, 0.15) is 5.56 Å². The largest absolute Gasteiger partial charge is 0.497 e. The number of methoxy groups -OCH3 is 1. The lowest BCUT2D eigenvalue weighted by atomic mass is 10.2. The predicted molar refractivity (Wildman–Crippen MR) is 62.1 cm³/mol. The van der Waals surface area contributed by atoms with Crippen LogP contribution >= 0.6 is 0 Å². The summed E-state index contributed by atoms with van der Waals surface area (Å²) < 4.78 is 10.3. The molecule has 1 aromatic rings. The van der Waals surface area contributed by atoms with Crippen molar-refractivity contribution in [3.05, 3.63) is 46.8 Å². The van der Waals surface area contributed by atoms with Crippen molar-refractivity contribution < 1.29 is 14.6 Å². The van der Waals surface area contributed by atoms with Gasteiger partial charge in [0.05, 0.1) is 33.0 Å². The molecule has 0 saturated heterocycles. The summed E-state index contributed by atoms with van der Waals surface area (Å²) >= 11 is 0. The molecule has 0 fully saturated rings. The van der Waals surface area contributed by atoms with Gasteiger partial charge in [-0.05, 0) is 23.2 Å². The van der Waals surface area contributed by atoms with E-state index in [-0.39, 0.29) is 6.61 Å². The molecule has 1 aromatic carbocycles. The molecular formula is C11H14N3O3.